The van der Waals surface area contributed by atoms with Crippen LogP contribution >= 0.6 is 0 Å². The van der Waals surface area contributed by atoms with E-state index in [0.29, 0.717) is 20.1 Å². The fourth-order valence-electron chi connectivity index (χ4n) is 0.523. The van der Waals surface area contributed by atoms with Gasteiger partial charge in [0, 0.05) is 0 Å². The Balaban J connectivity index is 3.07. The Bertz CT molecular complexity index is 65.8. The van der Waals surface area contributed by atoms with Crippen LogP contribution in [0.1, 0.15) is 19.8 Å². The molecule has 0 heterocycles. The molecule has 0 aromatic carbocycles. The van der Waals surface area contributed by atoms with Gasteiger partial charge in [-0.25, -0.2) is 0 Å². The molecule has 9 heavy (non-hydrogen) atoms. The summed E-state index contributed by atoms with van der Waals surface area (Å²) in [6, 6.07) is 0. The average Bonchev–Trinajstić information content (AvgIpc) is 1.63. The van der Waals surface area contributed by atoms with E-state index in [4.69, 9.17) is 0 Å². The Labute approximate surface area is 69.6 Å². The Hall–Kier alpha value is 1.01. The monoisotopic (exact) mass is 260 g/mol. The molecule has 0 aromatic heterocycles. The molecule has 0 unspecified atom stereocenters. The second-order valence-corrected chi connectivity index (χ2v) is 22.0. The summed E-state index contributed by atoms with van der Waals surface area (Å²) in [6.07, 6.45) is 2.89. The van der Waals surface area contributed by atoms with E-state index in [1.807, 2.05) is 0 Å². The normalized spacial score (nSPS) is 12.0. The van der Waals surface area contributed by atoms with Gasteiger partial charge in [0.15, 0.2) is 0 Å². The van der Waals surface area contributed by atoms with Crippen molar-refractivity contribution in [2.45, 2.75) is 43.9 Å². The molecule has 1 radical (unpaired) electrons. The summed E-state index contributed by atoms with van der Waals surface area (Å²) in [4.78, 5) is 0. The van der Waals surface area contributed by atoms with Gasteiger partial charge in [-0.15, -0.1) is 0 Å². The fraction of sp³-hybridized carbons (Fsp3) is 1.00. The van der Waals surface area contributed by atoms with Crippen LogP contribution in [0.2, 0.25) is 24.1 Å². The van der Waals surface area contributed by atoms with Crippen LogP contribution in [-0.4, -0.2) is 25.8 Å². The summed E-state index contributed by atoms with van der Waals surface area (Å²) in [5.74, 6) is 0. The van der Waals surface area contributed by atoms with Crippen LogP contribution in [0, 0.1) is 0 Å². The van der Waals surface area contributed by atoms with Gasteiger partial charge in [0.25, 0.3) is 0 Å². The predicted octanol–water partition coefficient (Wildman–Crippen LogP) is 2.74. The third-order valence-corrected chi connectivity index (χ3v) is 12.1. The van der Waals surface area contributed by atoms with Crippen molar-refractivity contribution >= 4 is 25.8 Å². The third-order valence-electron chi connectivity index (χ3n) is 1.03. The van der Waals surface area contributed by atoms with Crippen molar-refractivity contribution in [2.24, 2.45) is 0 Å². The van der Waals surface area contributed by atoms with Crippen LogP contribution in [0.15, 0.2) is 0 Å². The van der Waals surface area contributed by atoms with E-state index < -0.39 is 5.62 Å². The van der Waals surface area contributed by atoms with Crippen LogP contribution in [0.25, 0.3) is 0 Å². The van der Waals surface area contributed by atoms with Crippen LogP contribution < -0.4 is 0 Å². The van der Waals surface area contributed by atoms with Crippen LogP contribution in [0.3, 0.4) is 0 Å². The zero-order valence-corrected chi connectivity index (χ0v) is 10.4. The molecule has 2 heteroatoms. The van der Waals surface area contributed by atoms with Crippen molar-refractivity contribution in [3.63, 3.8) is 0 Å². The van der Waals surface area contributed by atoms with Gasteiger partial charge in [-0.05, 0) is 0 Å². The molecular formula is C7H18SiTe+. The molecule has 0 amide bonds. The Morgan fingerprint density at radius 1 is 1.22 bits per heavy atom. The first-order valence-electron chi connectivity index (χ1n) is 3.70. The molecule has 0 nitrogen and oxygen atoms in total. The number of unbranched alkanes of at least 4 members (excludes halogenated alkanes) is 1. The molecule has 0 saturated heterocycles. The minimum atomic E-state index is -0.564. The van der Waals surface area contributed by atoms with Gasteiger partial charge in [0.2, 0.25) is 0 Å². The zero-order valence-electron chi connectivity index (χ0n) is 7.03. The zero-order chi connectivity index (χ0) is 7.33. The van der Waals surface area contributed by atoms with Gasteiger partial charge in [-0.2, -0.15) is 0 Å². The van der Waals surface area contributed by atoms with Gasteiger partial charge in [-0.3, -0.25) is 0 Å². The Morgan fingerprint density at radius 3 is 2.11 bits per heavy atom. The molecule has 0 aliphatic heterocycles. The van der Waals surface area contributed by atoms with Crippen molar-refractivity contribution in [1.29, 1.82) is 0 Å². The average molecular weight is 258 g/mol. The van der Waals surface area contributed by atoms with E-state index >= 15 is 0 Å². The summed E-state index contributed by atoms with van der Waals surface area (Å²) < 4.78 is 1.59. The molecule has 0 aliphatic rings. The van der Waals surface area contributed by atoms with E-state index in [-0.39, 0.29) is 0 Å². The maximum absolute atomic E-state index is 2.50. The summed E-state index contributed by atoms with van der Waals surface area (Å²) >= 11 is 0.450. The van der Waals surface area contributed by atoms with E-state index in [2.05, 4.69) is 26.6 Å². The summed E-state index contributed by atoms with van der Waals surface area (Å²) in [5.41, 5.74) is -0.564. The van der Waals surface area contributed by atoms with Gasteiger partial charge in [0.05, 0.1) is 0 Å². The molecule has 0 rings (SSSR count). The van der Waals surface area contributed by atoms with Gasteiger partial charge < -0.3 is 0 Å². The molecule has 55 valence electrons. The predicted molar refractivity (Wildman–Crippen MR) is 48.8 cm³/mol. The van der Waals surface area contributed by atoms with Gasteiger partial charge >= 0.3 is 69.6 Å². The quantitative estimate of drug-likeness (QED) is 0.537. The Kier molecular flexibility index (Phi) is 5.30. The van der Waals surface area contributed by atoms with Crippen molar-refractivity contribution in [2.75, 3.05) is 0 Å². The van der Waals surface area contributed by atoms with Crippen LogP contribution in [0.4, 0.5) is 0 Å². The molecular weight excluding hydrogens is 240 g/mol. The second kappa shape index (κ2) is 4.77. The van der Waals surface area contributed by atoms with Crippen molar-refractivity contribution < 1.29 is 0 Å². The molecule has 0 aromatic rings. The summed E-state index contributed by atoms with van der Waals surface area (Å²) in [5, 5.41) is 0. The van der Waals surface area contributed by atoms with E-state index in [1.165, 1.54) is 12.8 Å². The fourth-order valence-corrected chi connectivity index (χ4v) is 8.58. The van der Waals surface area contributed by atoms with Crippen LogP contribution in [0.5, 0.6) is 0 Å². The molecule has 0 N–H and O–H groups in total. The first-order valence-corrected chi connectivity index (χ1v) is 12.3. The Morgan fingerprint density at radius 2 is 1.78 bits per heavy atom. The summed E-state index contributed by atoms with van der Waals surface area (Å²) in [6.45, 7) is 9.80. The first kappa shape index (κ1) is 10.0. The number of hydrogen-bond donors (Lipinski definition) is 0. The number of hydrogen-bond acceptors (Lipinski definition) is 0. The van der Waals surface area contributed by atoms with E-state index in [9.17, 15) is 0 Å². The number of rotatable bonds is 4. The molecule has 0 saturated carbocycles. The minimum absolute atomic E-state index is 0.450. The van der Waals surface area contributed by atoms with Crippen molar-refractivity contribution in [3.8, 4) is 0 Å². The second-order valence-electron chi connectivity index (χ2n) is 3.31. The SMILES string of the molecule is CCCC[Te+][Si](C)(C)C. The molecule has 0 aliphatic carbocycles. The van der Waals surface area contributed by atoms with Crippen molar-refractivity contribution in [1.82, 2.24) is 0 Å². The molecule has 0 bridgehead atoms. The third kappa shape index (κ3) is 9.01. The van der Waals surface area contributed by atoms with Gasteiger partial charge in [0.1, 0.15) is 0 Å². The molecule has 0 fully saturated rings. The summed E-state index contributed by atoms with van der Waals surface area (Å²) in [7, 11) is 0. The molecule has 0 atom stereocenters. The first-order chi connectivity index (χ1) is 4.06. The van der Waals surface area contributed by atoms with Gasteiger partial charge in [-0.1, -0.05) is 0 Å². The van der Waals surface area contributed by atoms with E-state index in [1.54, 1.807) is 4.47 Å². The molecule has 0 spiro atoms. The van der Waals surface area contributed by atoms with Crippen LogP contribution in [-0.2, 0) is 0 Å². The standard InChI is InChI=1S/C7H18SiTe/c1-5-6-7-9-8(2,3)4/h5-7H2,1-4H3/q+1. The van der Waals surface area contributed by atoms with Crippen molar-refractivity contribution in [3.05, 3.63) is 0 Å². The maximum atomic E-state index is 2.50. The van der Waals surface area contributed by atoms with E-state index in [0.717, 1.165) is 0 Å². The topological polar surface area (TPSA) is 0 Å².